The molecular formula is C24H17ClFNO4. The molecule has 0 aliphatic carbocycles. The fraction of sp³-hybridized carbons (Fsp3) is 0.0833. The van der Waals surface area contributed by atoms with E-state index in [0.29, 0.717) is 11.4 Å². The van der Waals surface area contributed by atoms with Gasteiger partial charge in [0.1, 0.15) is 17.3 Å². The lowest BCUT2D eigenvalue weighted by atomic mass is 9.94. The van der Waals surface area contributed by atoms with Crippen molar-refractivity contribution in [2.45, 2.75) is 6.04 Å². The van der Waals surface area contributed by atoms with Crippen LogP contribution in [0.15, 0.2) is 78.4 Å². The maximum atomic E-state index is 14.8. The average molecular weight is 438 g/mol. The first-order valence-electron chi connectivity index (χ1n) is 9.38. The molecule has 1 aliphatic rings. The van der Waals surface area contributed by atoms with Crippen LogP contribution in [-0.4, -0.2) is 23.9 Å². The van der Waals surface area contributed by atoms with Crippen LogP contribution in [0.3, 0.4) is 0 Å². The predicted molar refractivity (Wildman–Crippen MR) is 116 cm³/mol. The Bertz CT molecular complexity index is 1210. The molecule has 0 spiro atoms. The average Bonchev–Trinajstić information content (AvgIpc) is 3.04. The molecule has 4 rings (SSSR count). The third-order valence-corrected chi connectivity index (χ3v) is 5.40. The van der Waals surface area contributed by atoms with Gasteiger partial charge in [-0.1, -0.05) is 48.0 Å². The molecule has 1 unspecified atom stereocenters. The van der Waals surface area contributed by atoms with Crippen molar-refractivity contribution in [2.24, 2.45) is 0 Å². The molecule has 156 valence electrons. The number of carbonyl (C=O) groups is 2. The monoisotopic (exact) mass is 437 g/mol. The van der Waals surface area contributed by atoms with Gasteiger partial charge in [0.15, 0.2) is 0 Å². The normalized spacial score (nSPS) is 17.8. The largest absolute Gasteiger partial charge is 0.507 e. The molecule has 1 aliphatic heterocycles. The molecule has 1 amide bonds. The second-order valence-electron chi connectivity index (χ2n) is 6.88. The number of aliphatic hydroxyl groups excluding tert-OH is 1. The third kappa shape index (κ3) is 3.55. The summed E-state index contributed by atoms with van der Waals surface area (Å²) in [6.07, 6.45) is 0. The summed E-state index contributed by atoms with van der Waals surface area (Å²) in [4.78, 5) is 27.2. The van der Waals surface area contributed by atoms with Gasteiger partial charge in [-0.2, -0.15) is 0 Å². The molecule has 31 heavy (non-hydrogen) atoms. The standard InChI is InChI=1S/C24H17ClFNO4/c1-31-19-12-11-14(13-17(19)25)22(28)20-21(16-9-5-6-10-18(16)26)27(24(30)23(20)29)15-7-3-2-4-8-15/h2-13,21,28H,1H3/b22-20+. The van der Waals surface area contributed by atoms with Crippen LogP contribution in [0.25, 0.3) is 5.76 Å². The summed E-state index contributed by atoms with van der Waals surface area (Å²) in [6, 6.07) is 17.6. The number of hydrogen-bond acceptors (Lipinski definition) is 4. The van der Waals surface area contributed by atoms with Crippen molar-refractivity contribution < 1.29 is 23.8 Å². The molecule has 0 bridgehead atoms. The number of nitrogens with zero attached hydrogens (tertiary/aromatic N) is 1. The SMILES string of the molecule is COc1ccc(/C(O)=C2\C(=O)C(=O)N(c3ccccc3)C2c2ccccc2F)cc1Cl. The fourth-order valence-corrected chi connectivity index (χ4v) is 3.91. The number of Topliss-reactive ketones (excluding diaryl/α,β-unsaturated/α-hetero) is 1. The third-order valence-electron chi connectivity index (χ3n) is 5.10. The summed E-state index contributed by atoms with van der Waals surface area (Å²) >= 11 is 6.17. The van der Waals surface area contributed by atoms with Gasteiger partial charge >= 0.3 is 0 Å². The van der Waals surface area contributed by atoms with Crippen molar-refractivity contribution in [1.29, 1.82) is 0 Å². The van der Waals surface area contributed by atoms with Crippen molar-refractivity contribution >= 4 is 34.7 Å². The lowest BCUT2D eigenvalue weighted by molar-refractivity contribution is -0.132. The Labute approximate surface area is 182 Å². The van der Waals surface area contributed by atoms with E-state index >= 15 is 0 Å². The van der Waals surface area contributed by atoms with Crippen molar-refractivity contribution in [3.05, 3.63) is 100 Å². The molecule has 0 radical (unpaired) electrons. The maximum absolute atomic E-state index is 14.8. The van der Waals surface area contributed by atoms with Crippen molar-refractivity contribution in [3.8, 4) is 5.75 Å². The molecule has 3 aromatic rings. The summed E-state index contributed by atoms with van der Waals surface area (Å²) in [7, 11) is 1.45. The van der Waals surface area contributed by atoms with Gasteiger partial charge in [-0.05, 0) is 36.4 Å². The number of ketones is 1. The number of anilines is 1. The first kappa shape index (κ1) is 20.6. The highest BCUT2D eigenvalue weighted by Gasteiger charge is 2.47. The number of methoxy groups -OCH3 is 1. The Morgan fingerprint density at radius 3 is 2.35 bits per heavy atom. The number of ether oxygens (including phenoxy) is 1. The number of amides is 1. The van der Waals surface area contributed by atoms with Crippen molar-refractivity contribution in [3.63, 3.8) is 0 Å². The van der Waals surface area contributed by atoms with E-state index in [1.807, 2.05) is 0 Å². The van der Waals surface area contributed by atoms with Crippen molar-refractivity contribution in [1.82, 2.24) is 0 Å². The van der Waals surface area contributed by atoms with Crippen LogP contribution in [-0.2, 0) is 9.59 Å². The molecule has 1 heterocycles. The molecular weight excluding hydrogens is 421 g/mol. The topological polar surface area (TPSA) is 66.8 Å². The van der Waals surface area contributed by atoms with Crippen LogP contribution in [0.5, 0.6) is 5.75 Å². The molecule has 1 atom stereocenters. The second-order valence-corrected chi connectivity index (χ2v) is 7.28. The van der Waals surface area contributed by atoms with Gasteiger partial charge in [-0.15, -0.1) is 0 Å². The molecule has 5 nitrogen and oxygen atoms in total. The van der Waals surface area contributed by atoms with Crippen LogP contribution >= 0.6 is 11.6 Å². The van der Waals surface area contributed by atoms with E-state index in [4.69, 9.17) is 16.3 Å². The molecule has 0 saturated carbocycles. The zero-order chi connectivity index (χ0) is 22.1. The number of hydrogen-bond donors (Lipinski definition) is 1. The summed E-state index contributed by atoms with van der Waals surface area (Å²) in [6.45, 7) is 0. The highest BCUT2D eigenvalue weighted by atomic mass is 35.5. The van der Waals surface area contributed by atoms with Crippen LogP contribution in [0.2, 0.25) is 5.02 Å². The van der Waals surface area contributed by atoms with Gasteiger partial charge in [0.2, 0.25) is 0 Å². The summed E-state index contributed by atoms with van der Waals surface area (Å²) in [5.41, 5.74) is 0.481. The number of carbonyl (C=O) groups excluding carboxylic acids is 2. The smallest absolute Gasteiger partial charge is 0.300 e. The van der Waals surface area contributed by atoms with E-state index in [0.717, 1.165) is 0 Å². The van der Waals surface area contributed by atoms with Crippen LogP contribution in [0, 0.1) is 5.82 Å². The number of rotatable bonds is 4. The number of halogens is 2. The fourth-order valence-electron chi connectivity index (χ4n) is 3.65. The minimum Gasteiger partial charge on any atom is -0.507 e. The summed E-state index contributed by atoms with van der Waals surface area (Å²) < 4.78 is 19.9. The zero-order valence-corrected chi connectivity index (χ0v) is 17.1. The maximum Gasteiger partial charge on any atom is 0.300 e. The van der Waals surface area contributed by atoms with Crippen LogP contribution < -0.4 is 9.64 Å². The second kappa shape index (κ2) is 8.24. The Kier molecular flexibility index (Phi) is 5.48. The molecule has 7 heteroatoms. The Morgan fingerprint density at radius 2 is 1.71 bits per heavy atom. The van der Waals surface area contributed by atoms with Gasteiger partial charge in [0.05, 0.1) is 23.7 Å². The minimum atomic E-state index is -1.15. The summed E-state index contributed by atoms with van der Waals surface area (Å²) in [5, 5.41) is 11.3. The number of aliphatic hydroxyl groups is 1. The van der Waals surface area contributed by atoms with E-state index in [-0.39, 0.29) is 21.7 Å². The highest BCUT2D eigenvalue weighted by molar-refractivity contribution is 6.51. The van der Waals surface area contributed by atoms with Gasteiger partial charge < -0.3 is 9.84 Å². The van der Waals surface area contributed by atoms with Gasteiger partial charge in [0, 0.05) is 16.8 Å². The van der Waals surface area contributed by atoms with Gasteiger partial charge in [-0.25, -0.2) is 4.39 Å². The first-order chi connectivity index (χ1) is 14.9. The van der Waals surface area contributed by atoms with E-state index in [1.54, 1.807) is 36.4 Å². The van der Waals surface area contributed by atoms with Gasteiger partial charge in [0.25, 0.3) is 11.7 Å². The van der Waals surface area contributed by atoms with Crippen molar-refractivity contribution in [2.75, 3.05) is 12.0 Å². The van der Waals surface area contributed by atoms with E-state index < -0.39 is 29.3 Å². The molecule has 0 aromatic heterocycles. The minimum absolute atomic E-state index is 0.0895. The quantitative estimate of drug-likeness (QED) is 0.350. The molecule has 1 N–H and O–H groups in total. The molecule has 1 saturated heterocycles. The number of para-hydroxylation sites is 1. The zero-order valence-electron chi connectivity index (χ0n) is 16.4. The summed E-state index contributed by atoms with van der Waals surface area (Å²) in [5.74, 6) is -2.45. The van der Waals surface area contributed by atoms with E-state index in [2.05, 4.69) is 0 Å². The van der Waals surface area contributed by atoms with Crippen LogP contribution in [0.1, 0.15) is 17.2 Å². The molecule has 1 fully saturated rings. The Morgan fingerprint density at radius 1 is 1.03 bits per heavy atom. The predicted octanol–water partition coefficient (Wildman–Crippen LogP) is 5.11. The lowest BCUT2D eigenvalue weighted by Gasteiger charge is -2.25. The van der Waals surface area contributed by atoms with E-state index in [9.17, 15) is 19.1 Å². The lowest BCUT2D eigenvalue weighted by Crippen LogP contribution is -2.29. The number of benzene rings is 3. The first-order valence-corrected chi connectivity index (χ1v) is 9.76. The Hall–Kier alpha value is -3.64. The highest BCUT2D eigenvalue weighted by Crippen LogP contribution is 2.43. The van der Waals surface area contributed by atoms with E-state index in [1.165, 1.54) is 48.4 Å². The van der Waals surface area contributed by atoms with Gasteiger partial charge in [-0.3, -0.25) is 14.5 Å². The van der Waals surface area contributed by atoms with Crippen LogP contribution in [0.4, 0.5) is 10.1 Å². The molecule has 3 aromatic carbocycles. The Balaban J connectivity index is 1.96.